The molecule has 0 aliphatic rings. The van der Waals surface area contributed by atoms with Crippen molar-refractivity contribution < 1.29 is 0 Å². The van der Waals surface area contributed by atoms with Crippen molar-refractivity contribution in [2.24, 2.45) is 0 Å². The molecular weight excluding hydrogens is 248 g/mol. The molecule has 0 atom stereocenters. The summed E-state index contributed by atoms with van der Waals surface area (Å²) >= 11 is 0. The molecule has 4 heteroatoms. The lowest BCUT2D eigenvalue weighted by Gasteiger charge is -2.11. The number of hydrogen-bond acceptors (Lipinski definition) is 3. The standard InChI is InChI=1S/C16H24N4/c1-5-6-9-20-15(17)14(19-16(20)11(2)3)13-8-7-12(4)18-10-13/h7-8,10-11H,5-6,9,17H2,1-4H3. The van der Waals surface area contributed by atoms with Gasteiger partial charge >= 0.3 is 0 Å². The lowest BCUT2D eigenvalue weighted by atomic mass is 10.2. The van der Waals surface area contributed by atoms with Crippen molar-refractivity contribution in [3.8, 4) is 11.3 Å². The van der Waals surface area contributed by atoms with Gasteiger partial charge in [0.05, 0.1) is 0 Å². The van der Waals surface area contributed by atoms with Crippen LogP contribution in [0.4, 0.5) is 5.82 Å². The van der Waals surface area contributed by atoms with E-state index in [2.05, 4.69) is 30.3 Å². The Balaban J connectivity index is 2.46. The Labute approximate surface area is 121 Å². The van der Waals surface area contributed by atoms with Gasteiger partial charge in [-0.2, -0.15) is 0 Å². The van der Waals surface area contributed by atoms with E-state index in [1.54, 1.807) is 0 Å². The van der Waals surface area contributed by atoms with E-state index in [0.29, 0.717) is 5.92 Å². The third kappa shape index (κ3) is 2.84. The smallest absolute Gasteiger partial charge is 0.131 e. The van der Waals surface area contributed by atoms with E-state index < -0.39 is 0 Å². The average molecular weight is 272 g/mol. The summed E-state index contributed by atoms with van der Waals surface area (Å²) in [6.45, 7) is 9.41. The summed E-state index contributed by atoms with van der Waals surface area (Å²) < 4.78 is 2.16. The first-order chi connectivity index (χ1) is 9.54. The largest absolute Gasteiger partial charge is 0.383 e. The molecule has 0 saturated carbocycles. The quantitative estimate of drug-likeness (QED) is 0.901. The molecule has 0 aromatic carbocycles. The Hall–Kier alpha value is -1.84. The van der Waals surface area contributed by atoms with Crippen LogP contribution in [0.25, 0.3) is 11.3 Å². The summed E-state index contributed by atoms with van der Waals surface area (Å²) in [5.41, 5.74) is 9.18. The van der Waals surface area contributed by atoms with Crippen molar-refractivity contribution >= 4 is 5.82 Å². The highest BCUT2D eigenvalue weighted by molar-refractivity contribution is 5.70. The summed E-state index contributed by atoms with van der Waals surface area (Å²) in [7, 11) is 0. The van der Waals surface area contributed by atoms with Gasteiger partial charge in [0.1, 0.15) is 17.3 Å². The first-order valence-corrected chi connectivity index (χ1v) is 7.33. The minimum absolute atomic E-state index is 0.362. The van der Waals surface area contributed by atoms with E-state index in [9.17, 15) is 0 Å². The van der Waals surface area contributed by atoms with Crippen molar-refractivity contribution in [3.05, 3.63) is 29.8 Å². The second kappa shape index (κ2) is 6.07. The molecule has 2 N–H and O–H groups in total. The van der Waals surface area contributed by atoms with Gasteiger partial charge in [-0.15, -0.1) is 0 Å². The minimum Gasteiger partial charge on any atom is -0.383 e. The fourth-order valence-electron chi connectivity index (χ4n) is 2.30. The third-order valence-electron chi connectivity index (χ3n) is 3.47. The summed E-state index contributed by atoms with van der Waals surface area (Å²) in [4.78, 5) is 9.10. The maximum absolute atomic E-state index is 6.33. The monoisotopic (exact) mass is 272 g/mol. The molecule has 0 aliphatic carbocycles. The summed E-state index contributed by atoms with van der Waals surface area (Å²) in [6.07, 6.45) is 4.12. The van der Waals surface area contributed by atoms with Gasteiger partial charge in [-0.25, -0.2) is 4.98 Å². The van der Waals surface area contributed by atoms with Crippen LogP contribution in [0.15, 0.2) is 18.3 Å². The average Bonchev–Trinajstić information content (AvgIpc) is 2.75. The first-order valence-electron chi connectivity index (χ1n) is 7.33. The van der Waals surface area contributed by atoms with Crippen molar-refractivity contribution in [3.63, 3.8) is 0 Å². The highest BCUT2D eigenvalue weighted by Crippen LogP contribution is 2.29. The Morgan fingerprint density at radius 1 is 1.30 bits per heavy atom. The maximum Gasteiger partial charge on any atom is 0.131 e. The van der Waals surface area contributed by atoms with E-state index in [1.807, 2.05) is 25.3 Å². The molecular formula is C16H24N4. The topological polar surface area (TPSA) is 56.7 Å². The molecule has 0 spiro atoms. The number of nitrogens with two attached hydrogens (primary N) is 1. The molecule has 20 heavy (non-hydrogen) atoms. The molecule has 4 nitrogen and oxygen atoms in total. The fraction of sp³-hybridized carbons (Fsp3) is 0.500. The van der Waals surface area contributed by atoms with Gasteiger partial charge in [0, 0.05) is 29.9 Å². The summed E-state index contributed by atoms with van der Waals surface area (Å²) in [5.74, 6) is 2.18. The molecule has 0 radical (unpaired) electrons. The van der Waals surface area contributed by atoms with Gasteiger partial charge in [-0.05, 0) is 25.5 Å². The van der Waals surface area contributed by atoms with Gasteiger partial charge in [0.2, 0.25) is 0 Å². The predicted molar refractivity (Wildman–Crippen MR) is 83.6 cm³/mol. The van der Waals surface area contributed by atoms with Crippen LogP contribution >= 0.6 is 0 Å². The van der Waals surface area contributed by atoms with Gasteiger partial charge in [-0.3, -0.25) is 4.98 Å². The molecule has 0 amide bonds. The molecule has 0 bridgehead atoms. The molecule has 2 heterocycles. The zero-order valence-electron chi connectivity index (χ0n) is 12.8. The molecule has 0 unspecified atom stereocenters. The number of aromatic nitrogens is 3. The van der Waals surface area contributed by atoms with Crippen LogP contribution < -0.4 is 5.73 Å². The van der Waals surface area contributed by atoms with E-state index in [4.69, 9.17) is 10.7 Å². The summed E-state index contributed by atoms with van der Waals surface area (Å²) in [6, 6.07) is 4.03. The van der Waals surface area contributed by atoms with Crippen molar-refractivity contribution in [1.29, 1.82) is 0 Å². The van der Waals surface area contributed by atoms with Gasteiger partial charge in [0.15, 0.2) is 0 Å². The highest BCUT2D eigenvalue weighted by atomic mass is 15.1. The van der Waals surface area contributed by atoms with Crippen LogP contribution in [0.5, 0.6) is 0 Å². The highest BCUT2D eigenvalue weighted by Gasteiger charge is 2.18. The zero-order chi connectivity index (χ0) is 14.7. The summed E-state index contributed by atoms with van der Waals surface area (Å²) in [5, 5.41) is 0. The number of nitrogens with zero attached hydrogens (tertiary/aromatic N) is 3. The molecule has 108 valence electrons. The Morgan fingerprint density at radius 2 is 2.05 bits per heavy atom. The minimum atomic E-state index is 0.362. The van der Waals surface area contributed by atoms with Gasteiger partial charge < -0.3 is 10.3 Å². The predicted octanol–water partition coefficient (Wildman–Crippen LogP) is 3.76. The first kappa shape index (κ1) is 14.6. The van der Waals surface area contributed by atoms with E-state index >= 15 is 0 Å². The van der Waals surface area contributed by atoms with E-state index in [1.165, 1.54) is 0 Å². The molecule has 0 saturated heterocycles. The zero-order valence-corrected chi connectivity index (χ0v) is 12.8. The fourth-order valence-corrected chi connectivity index (χ4v) is 2.30. The second-order valence-corrected chi connectivity index (χ2v) is 5.55. The van der Waals surface area contributed by atoms with Crippen LogP contribution in [-0.4, -0.2) is 14.5 Å². The Kier molecular flexibility index (Phi) is 4.42. The van der Waals surface area contributed by atoms with Gasteiger partial charge in [-0.1, -0.05) is 27.2 Å². The third-order valence-corrected chi connectivity index (χ3v) is 3.47. The lowest BCUT2D eigenvalue weighted by Crippen LogP contribution is -2.08. The molecule has 0 fully saturated rings. The van der Waals surface area contributed by atoms with Crippen LogP contribution in [0.1, 0.15) is 51.0 Å². The number of nitrogen functional groups attached to an aromatic ring is 1. The second-order valence-electron chi connectivity index (χ2n) is 5.55. The molecule has 0 aliphatic heterocycles. The van der Waals surface area contributed by atoms with Crippen LogP contribution in [0.3, 0.4) is 0 Å². The van der Waals surface area contributed by atoms with Gasteiger partial charge in [0.25, 0.3) is 0 Å². The lowest BCUT2D eigenvalue weighted by molar-refractivity contribution is 0.588. The number of aryl methyl sites for hydroxylation is 1. The number of imidazole rings is 1. The van der Waals surface area contributed by atoms with Crippen molar-refractivity contribution in [2.75, 3.05) is 5.73 Å². The maximum atomic E-state index is 6.33. The Bertz CT molecular complexity index is 567. The number of unbranched alkanes of at least 4 members (excludes halogenated alkanes) is 1. The van der Waals surface area contributed by atoms with E-state index in [-0.39, 0.29) is 0 Å². The number of hydrogen-bond donors (Lipinski definition) is 1. The molecule has 2 aromatic heterocycles. The van der Waals surface area contributed by atoms with Crippen molar-refractivity contribution in [1.82, 2.24) is 14.5 Å². The van der Waals surface area contributed by atoms with Crippen LogP contribution in [0, 0.1) is 6.92 Å². The normalized spacial score (nSPS) is 11.2. The van der Waals surface area contributed by atoms with Crippen LogP contribution in [0.2, 0.25) is 0 Å². The molecule has 2 aromatic rings. The number of anilines is 1. The van der Waals surface area contributed by atoms with E-state index in [0.717, 1.165) is 48.0 Å². The molecule has 2 rings (SSSR count). The number of rotatable bonds is 5. The Morgan fingerprint density at radius 3 is 2.60 bits per heavy atom. The number of pyridine rings is 1. The van der Waals surface area contributed by atoms with Crippen LogP contribution in [-0.2, 0) is 6.54 Å². The SMILES string of the molecule is CCCCn1c(C(C)C)nc(-c2ccc(C)nc2)c1N. The van der Waals surface area contributed by atoms with Crippen molar-refractivity contribution in [2.45, 2.75) is 53.0 Å².